The van der Waals surface area contributed by atoms with Crippen molar-refractivity contribution < 1.29 is 23.8 Å². The van der Waals surface area contributed by atoms with Crippen LogP contribution in [0.5, 0.6) is 0 Å². The number of carbonyl (C=O) groups excluding carboxylic acids is 1. The van der Waals surface area contributed by atoms with Crippen LogP contribution in [-0.4, -0.2) is 27.8 Å². The zero-order chi connectivity index (χ0) is 20.4. The summed E-state index contributed by atoms with van der Waals surface area (Å²) in [5.41, 5.74) is 3.39. The maximum absolute atomic E-state index is 13.8. The number of fused-ring (bicyclic) bond motifs is 3. The second-order valence-corrected chi connectivity index (χ2v) is 7.21. The first-order valence-corrected chi connectivity index (χ1v) is 9.50. The van der Waals surface area contributed by atoms with E-state index < -0.39 is 12.1 Å². The molecule has 1 heterocycles. The Kier molecular flexibility index (Phi) is 5.20. The molecule has 29 heavy (non-hydrogen) atoms. The summed E-state index contributed by atoms with van der Waals surface area (Å²) < 4.78 is 20.9. The van der Waals surface area contributed by atoms with Crippen LogP contribution in [0.15, 0.2) is 48.5 Å². The van der Waals surface area contributed by atoms with Gasteiger partial charge in [-0.2, -0.15) is 0 Å². The van der Waals surface area contributed by atoms with E-state index >= 15 is 0 Å². The van der Waals surface area contributed by atoms with Gasteiger partial charge >= 0.3 is 12.1 Å². The molecule has 2 aromatic carbocycles. The monoisotopic (exact) mass is 396 g/mol. The molecule has 0 spiro atoms. The molecule has 6 nitrogen and oxygen atoms in total. The Morgan fingerprint density at radius 3 is 2.76 bits per heavy atom. The quantitative estimate of drug-likeness (QED) is 0.690. The topological polar surface area (TPSA) is 80.6 Å². The van der Waals surface area contributed by atoms with Crippen LogP contribution in [0.3, 0.4) is 0 Å². The van der Waals surface area contributed by atoms with E-state index in [4.69, 9.17) is 4.74 Å². The molecule has 1 aliphatic rings. The van der Waals surface area contributed by atoms with Gasteiger partial charge in [0.2, 0.25) is 0 Å². The molecule has 0 saturated heterocycles. The first-order valence-electron chi connectivity index (χ1n) is 9.50. The minimum absolute atomic E-state index is 0.155. The Bertz CT molecular complexity index is 1060. The lowest BCUT2D eigenvalue weighted by Crippen LogP contribution is -2.39. The van der Waals surface area contributed by atoms with Crippen LogP contribution >= 0.6 is 0 Å². The van der Waals surface area contributed by atoms with Crippen LogP contribution in [0.1, 0.15) is 23.2 Å². The second kappa shape index (κ2) is 7.95. The van der Waals surface area contributed by atoms with Gasteiger partial charge in [-0.15, -0.1) is 0 Å². The Balaban J connectivity index is 1.50. The van der Waals surface area contributed by atoms with Gasteiger partial charge in [0.25, 0.3) is 0 Å². The van der Waals surface area contributed by atoms with Gasteiger partial charge in [0.05, 0.1) is 0 Å². The average Bonchev–Trinajstić information content (AvgIpc) is 2.99. The van der Waals surface area contributed by atoms with Gasteiger partial charge in [-0.25, -0.2) is 9.18 Å². The molecule has 3 aromatic rings. The highest BCUT2D eigenvalue weighted by Crippen LogP contribution is 2.33. The Labute approximate surface area is 166 Å². The van der Waals surface area contributed by atoms with Crippen LogP contribution < -0.4 is 5.32 Å². The number of nitrogens with one attached hydrogen (secondary N) is 1. The van der Waals surface area contributed by atoms with Gasteiger partial charge in [-0.3, -0.25) is 4.79 Å². The number of rotatable bonds is 5. The van der Waals surface area contributed by atoms with Crippen molar-refractivity contribution in [2.75, 3.05) is 0 Å². The molecule has 0 bridgehead atoms. The summed E-state index contributed by atoms with van der Waals surface area (Å²) in [6.45, 7) is 0.0163. The van der Waals surface area contributed by atoms with Gasteiger partial charge in [0.15, 0.2) is 0 Å². The largest absolute Gasteiger partial charge is 0.480 e. The highest BCUT2D eigenvalue weighted by atomic mass is 19.1. The Hall–Kier alpha value is -3.35. The number of hydrogen-bond acceptors (Lipinski definition) is 3. The number of amides is 1. The first-order chi connectivity index (χ1) is 14.0. The van der Waals surface area contributed by atoms with Crippen LogP contribution in [-0.2, 0) is 35.5 Å². The summed E-state index contributed by atoms with van der Waals surface area (Å²) in [5.74, 6) is -1.32. The highest BCUT2D eigenvalue weighted by molar-refractivity contribution is 5.87. The van der Waals surface area contributed by atoms with Crippen LogP contribution in [0.4, 0.5) is 9.18 Å². The number of benzene rings is 2. The summed E-state index contributed by atoms with van der Waals surface area (Å²) in [6.07, 6.45) is 1.26. The standard InChI is InChI=1S/C22H21FN2O4/c23-15-6-8-19-17(10-15)18-11-16(7-9-20(18)25(19)12-21(26)27)24-22(28)29-13-14-4-2-1-3-5-14/h1-6,8,10,16H,7,9,11-13H2,(H,24,28)(H,26,27)/t16-/m0/s1. The van der Waals surface area contributed by atoms with Crippen molar-refractivity contribution >= 4 is 23.0 Å². The number of nitrogens with zero attached hydrogens (tertiary/aromatic N) is 1. The minimum Gasteiger partial charge on any atom is -0.480 e. The van der Waals surface area contributed by atoms with E-state index in [0.717, 1.165) is 16.8 Å². The fourth-order valence-electron chi connectivity index (χ4n) is 3.99. The van der Waals surface area contributed by atoms with Gasteiger partial charge in [-0.05, 0) is 48.6 Å². The van der Waals surface area contributed by atoms with Crippen LogP contribution in [0.25, 0.3) is 10.9 Å². The van der Waals surface area contributed by atoms with E-state index in [2.05, 4.69) is 5.32 Å². The molecule has 4 rings (SSSR count). The number of aliphatic carboxylic acids is 1. The van der Waals surface area contributed by atoms with E-state index in [9.17, 15) is 19.1 Å². The second-order valence-electron chi connectivity index (χ2n) is 7.21. The molecule has 1 atom stereocenters. The summed E-state index contributed by atoms with van der Waals surface area (Å²) in [6, 6.07) is 13.6. The number of halogens is 1. The summed E-state index contributed by atoms with van der Waals surface area (Å²) in [4.78, 5) is 23.5. The molecule has 1 aromatic heterocycles. The lowest BCUT2D eigenvalue weighted by molar-refractivity contribution is -0.137. The number of carboxylic acid groups (broad SMARTS) is 1. The van der Waals surface area contributed by atoms with Gasteiger partial charge in [-0.1, -0.05) is 30.3 Å². The molecule has 2 N–H and O–H groups in total. The fraction of sp³-hybridized carbons (Fsp3) is 0.273. The van der Waals surface area contributed by atoms with Crippen molar-refractivity contribution in [3.05, 3.63) is 71.2 Å². The van der Waals surface area contributed by atoms with Crippen LogP contribution in [0.2, 0.25) is 0 Å². The Morgan fingerprint density at radius 1 is 1.21 bits per heavy atom. The molecule has 0 radical (unpaired) electrons. The van der Waals surface area contributed by atoms with Crippen molar-refractivity contribution in [2.24, 2.45) is 0 Å². The predicted octanol–water partition coefficient (Wildman–Crippen LogP) is 3.65. The van der Waals surface area contributed by atoms with E-state index in [1.807, 2.05) is 30.3 Å². The number of aromatic nitrogens is 1. The third kappa shape index (κ3) is 4.08. The zero-order valence-corrected chi connectivity index (χ0v) is 15.7. The normalized spacial score (nSPS) is 15.7. The SMILES string of the molecule is O=C(O)Cn1c2c(c3cc(F)ccc31)C[C@@H](NC(=O)OCc1ccccc1)CC2. The maximum Gasteiger partial charge on any atom is 0.407 e. The maximum atomic E-state index is 13.8. The smallest absolute Gasteiger partial charge is 0.407 e. The molecular formula is C22H21FN2O4. The first kappa shape index (κ1) is 19.0. The summed E-state index contributed by atoms with van der Waals surface area (Å²) in [7, 11) is 0. The number of alkyl carbamates (subject to hydrolysis) is 1. The van der Waals surface area contributed by atoms with Crippen molar-refractivity contribution in [3.63, 3.8) is 0 Å². The van der Waals surface area contributed by atoms with Crippen molar-refractivity contribution in [2.45, 2.75) is 38.5 Å². The van der Waals surface area contributed by atoms with E-state index in [1.165, 1.54) is 12.1 Å². The van der Waals surface area contributed by atoms with Crippen molar-refractivity contribution in [3.8, 4) is 0 Å². The molecule has 0 fully saturated rings. The average molecular weight is 396 g/mol. The molecule has 1 amide bonds. The molecule has 0 aliphatic heterocycles. The van der Waals surface area contributed by atoms with E-state index in [-0.39, 0.29) is 25.0 Å². The third-order valence-corrected chi connectivity index (χ3v) is 5.26. The van der Waals surface area contributed by atoms with Crippen LogP contribution in [0, 0.1) is 5.82 Å². The Morgan fingerprint density at radius 2 is 2.00 bits per heavy atom. The number of carbonyl (C=O) groups is 2. The lowest BCUT2D eigenvalue weighted by Gasteiger charge is -2.24. The van der Waals surface area contributed by atoms with Crippen molar-refractivity contribution in [1.29, 1.82) is 0 Å². The summed E-state index contributed by atoms with van der Waals surface area (Å²) >= 11 is 0. The molecule has 0 unspecified atom stereocenters. The third-order valence-electron chi connectivity index (χ3n) is 5.26. The highest BCUT2D eigenvalue weighted by Gasteiger charge is 2.27. The van der Waals surface area contributed by atoms with Gasteiger partial charge < -0.3 is 19.7 Å². The molecular weight excluding hydrogens is 375 g/mol. The van der Waals surface area contributed by atoms with Crippen molar-refractivity contribution in [1.82, 2.24) is 9.88 Å². The number of carboxylic acids is 1. The lowest BCUT2D eigenvalue weighted by atomic mass is 9.91. The molecule has 7 heteroatoms. The fourth-order valence-corrected chi connectivity index (χ4v) is 3.99. The summed E-state index contributed by atoms with van der Waals surface area (Å²) in [5, 5.41) is 12.8. The molecule has 1 aliphatic carbocycles. The minimum atomic E-state index is -0.946. The predicted molar refractivity (Wildman–Crippen MR) is 105 cm³/mol. The zero-order valence-electron chi connectivity index (χ0n) is 15.7. The van der Waals surface area contributed by atoms with Gasteiger partial charge in [0, 0.05) is 22.6 Å². The number of ether oxygens (including phenoxy) is 1. The van der Waals surface area contributed by atoms with Gasteiger partial charge in [0.1, 0.15) is 19.0 Å². The molecule has 0 saturated carbocycles. The molecule has 150 valence electrons. The van der Waals surface area contributed by atoms with E-state index in [0.29, 0.717) is 30.2 Å². The number of hydrogen-bond donors (Lipinski definition) is 2. The van der Waals surface area contributed by atoms with E-state index in [1.54, 1.807) is 10.6 Å².